The van der Waals surface area contributed by atoms with Crippen LogP contribution in [0.3, 0.4) is 0 Å². The zero-order valence-electron chi connectivity index (χ0n) is 34.2. The summed E-state index contributed by atoms with van der Waals surface area (Å²) in [4.78, 5) is 12.9. The quantitative estimate of drug-likeness (QED) is 0.0929. The molecule has 4 atom stereocenters. The average Bonchev–Trinajstić information content (AvgIpc) is 3.82. The van der Waals surface area contributed by atoms with E-state index in [1.165, 1.54) is 18.2 Å². The molecule has 0 radical (unpaired) electrons. The van der Waals surface area contributed by atoms with Crippen molar-refractivity contribution in [2.24, 2.45) is 0 Å². The van der Waals surface area contributed by atoms with E-state index in [-0.39, 0.29) is 82.0 Å². The fourth-order valence-electron chi connectivity index (χ4n) is 10.9. The van der Waals surface area contributed by atoms with E-state index in [2.05, 4.69) is 68.3 Å². The van der Waals surface area contributed by atoms with Crippen LogP contribution in [0.2, 0.25) is 16.6 Å². The zero-order valence-corrected chi connectivity index (χ0v) is 35.2. The Hall–Kier alpha value is -4.26. The molecular formula is C44H51F6N5O3Si. The number of alkyl halides is 3. The standard InChI is InChI=1S/C44H51F6N5O3Si/c1-23(2)59(24(3)4,25(5)6)15-12-31-33(46)11-8-26-16-30(56)17-32(34(26)31)35-37(47)39-36(40(38(35)48)58-42(49)50)41(54-20-28-9-10-29(21-54)51-28)53-43(52-39)57-22-44-13-7-14-55(44)19-27(45)18-44/h8,11,16-17,23-25,27-29,42,51,56H,7,9-10,13-14,18-22H2,1-6H3/t27-,28?,29?,44+/m1/s1. The summed E-state index contributed by atoms with van der Waals surface area (Å²) in [7, 11) is -2.47. The van der Waals surface area contributed by atoms with Gasteiger partial charge in [0.15, 0.2) is 17.4 Å². The predicted molar refractivity (Wildman–Crippen MR) is 219 cm³/mol. The lowest BCUT2D eigenvalue weighted by molar-refractivity contribution is -0.0510. The van der Waals surface area contributed by atoms with Gasteiger partial charge in [-0.3, -0.25) is 4.90 Å². The summed E-state index contributed by atoms with van der Waals surface area (Å²) in [6, 6.07) is 4.68. The molecule has 4 fully saturated rings. The number of hydrogen-bond donors (Lipinski definition) is 2. The summed E-state index contributed by atoms with van der Waals surface area (Å²) < 4.78 is 106. The minimum atomic E-state index is -3.54. The highest BCUT2D eigenvalue weighted by Gasteiger charge is 2.50. The first-order chi connectivity index (χ1) is 28.0. The second-order valence-corrected chi connectivity index (χ2v) is 23.4. The van der Waals surface area contributed by atoms with Gasteiger partial charge in [-0.1, -0.05) is 53.5 Å². The lowest BCUT2D eigenvalue weighted by atomic mass is 9.92. The molecule has 0 spiro atoms. The van der Waals surface area contributed by atoms with Crippen molar-refractivity contribution in [2.45, 2.75) is 121 Å². The Bertz CT molecular complexity index is 2320. The van der Waals surface area contributed by atoms with E-state index in [4.69, 9.17) is 9.47 Å². The molecule has 2 N–H and O–H groups in total. The van der Waals surface area contributed by atoms with E-state index < -0.39 is 71.8 Å². The molecule has 8 nitrogen and oxygen atoms in total. The molecule has 5 heterocycles. The number of aromatic nitrogens is 2. The van der Waals surface area contributed by atoms with E-state index in [9.17, 15) is 18.3 Å². The number of ether oxygens (including phenoxy) is 2. The molecule has 0 amide bonds. The van der Waals surface area contributed by atoms with E-state index >= 15 is 13.2 Å². The Kier molecular flexibility index (Phi) is 11.0. The number of anilines is 1. The normalized spacial score (nSPS) is 23.3. The maximum absolute atomic E-state index is 17.7. The smallest absolute Gasteiger partial charge is 0.387 e. The fraction of sp³-hybridized carbons (Fsp3) is 0.545. The van der Waals surface area contributed by atoms with Crippen LogP contribution >= 0.6 is 0 Å². The summed E-state index contributed by atoms with van der Waals surface area (Å²) in [5.41, 5.74) is 1.52. The molecule has 2 bridgehead atoms. The van der Waals surface area contributed by atoms with Gasteiger partial charge in [0.05, 0.1) is 22.1 Å². The monoisotopic (exact) mass is 839 g/mol. The maximum atomic E-state index is 17.7. The number of rotatable bonds is 10. The third-order valence-corrected chi connectivity index (χ3v) is 19.8. The minimum Gasteiger partial charge on any atom is -0.508 e. The molecule has 0 aliphatic carbocycles. The Morgan fingerprint density at radius 3 is 2.31 bits per heavy atom. The van der Waals surface area contributed by atoms with Gasteiger partial charge in [0, 0.05) is 49.1 Å². The van der Waals surface area contributed by atoms with Crippen molar-refractivity contribution in [1.82, 2.24) is 20.2 Å². The number of halogens is 6. The average molecular weight is 840 g/mol. The zero-order chi connectivity index (χ0) is 42.1. The number of phenolic OH excluding ortho intramolecular Hbond substituents is 1. The van der Waals surface area contributed by atoms with Gasteiger partial charge < -0.3 is 24.8 Å². The maximum Gasteiger partial charge on any atom is 0.387 e. The number of benzene rings is 3. The topological polar surface area (TPSA) is 83.0 Å². The molecule has 8 rings (SSSR count). The molecule has 4 aliphatic rings. The summed E-state index contributed by atoms with van der Waals surface area (Å²) in [5, 5.41) is 14.3. The van der Waals surface area contributed by atoms with Crippen LogP contribution in [-0.2, 0) is 0 Å². The van der Waals surface area contributed by atoms with Crippen molar-refractivity contribution in [3.8, 4) is 40.1 Å². The first kappa shape index (κ1) is 41.5. The highest BCUT2D eigenvalue weighted by atomic mass is 28.3. The fourth-order valence-corrected chi connectivity index (χ4v) is 16.1. The van der Waals surface area contributed by atoms with Crippen LogP contribution in [0, 0.1) is 28.9 Å². The number of aromatic hydroxyl groups is 1. The number of hydrogen-bond acceptors (Lipinski definition) is 8. The highest BCUT2D eigenvalue weighted by Crippen LogP contribution is 2.48. The Balaban J connectivity index is 1.39. The SMILES string of the molecule is CC(C)[Si](C#Cc1c(F)ccc2cc(O)cc(-c3c(F)c(OC(F)F)c4c(N5CC6CCC(C5)N6)nc(OC[C@@]56CCCN5C[C@H](F)C6)nc4c3F)c12)(C(C)C)C(C)C. The van der Waals surface area contributed by atoms with E-state index in [0.717, 1.165) is 25.3 Å². The Morgan fingerprint density at radius 2 is 1.64 bits per heavy atom. The number of fused-ring (bicyclic) bond motifs is 5. The van der Waals surface area contributed by atoms with Crippen molar-refractivity contribution in [2.75, 3.05) is 37.7 Å². The third-order valence-electron chi connectivity index (χ3n) is 13.5. The lowest BCUT2D eigenvalue weighted by Gasteiger charge is -2.38. The van der Waals surface area contributed by atoms with Gasteiger partial charge in [0.1, 0.15) is 43.8 Å². The minimum absolute atomic E-state index is 0.00628. The first-order valence-corrected chi connectivity index (χ1v) is 22.9. The third kappa shape index (κ3) is 7.16. The molecule has 3 aromatic carbocycles. The van der Waals surface area contributed by atoms with Crippen molar-refractivity contribution >= 4 is 35.6 Å². The van der Waals surface area contributed by atoms with Gasteiger partial charge in [-0.2, -0.15) is 18.7 Å². The van der Waals surface area contributed by atoms with Crippen LogP contribution in [-0.4, -0.2) is 91.2 Å². The van der Waals surface area contributed by atoms with E-state index in [0.29, 0.717) is 26.1 Å². The van der Waals surface area contributed by atoms with Gasteiger partial charge >= 0.3 is 12.6 Å². The van der Waals surface area contributed by atoms with Crippen LogP contribution in [0.25, 0.3) is 32.8 Å². The molecule has 1 aromatic heterocycles. The summed E-state index contributed by atoms with van der Waals surface area (Å²) in [5.74, 6) is -1.88. The van der Waals surface area contributed by atoms with Gasteiger partial charge in [-0.05, 0) is 72.4 Å². The highest BCUT2D eigenvalue weighted by molar-refractivity contribution is 6.90. The van der Waals surface area contributed by atoms with Crippen molar-refractivity contribution < 1.29 is 40.9 Å². The number of nitrogens with zero attached hydrogens (tertiary/aromatic N) is 4. The molecule has 4 aliphatic heterocycles. The Labute approximate surface area is 341 Å². The van der Waals surface area contributed by atoms with Crippen LogP contribution in [0.15, 0.2) is 24.3 Å². The number of phenols is 1. The Morgan fingerprint density at radius 1 is 0.949 bits per heavy atom. The molecular weight excluding hydrogens is 789 g/mol. The second kappa shape index (κ2) is 15.6. The van der Waals surface area contributed by atoms with E-state index in [1.54, 1.807) is 4.90 Å². The lowest BCUT2D eigenvalue weighted by Crippen LogP contribution is -2.51. The number of nitrogens with one attached hydrogen (secondary N) is 1. The van der Waals surface area contributed by atoms with Crippen LogP contribution < -0.4 is 19.7 Å². The van der Waals surface area contributed by atoms with Crippen LogP contribution in [0.1, 0.15) is 79.2 Å². The largest absolute Gasteiger partial charge is 0.508 e. The molecule has 15 heteroatoms. The van der Waals surface area contributed by atoms with Crippen LogP contribution in [0.5, 0.6) is 17.5 Å². The summed E-state index contributed by atoms with van der Waals surface area (Å²) in [6.07, 6.45) is 2.39. The van der Waals surface area contributed by atoms with Gasteiger partial charge in [0.2, 0.25) is 0 Å². The molecule has 316 valence electrons. The molecule has 59 heavy (non-hydrogen) atoms. The molecule has 4 saturated heterocycles. The second-order valence-electron chi connectivity index (χ2n) is 17.8. The predicted octanol–water partition coefficient (Wildman–Crippen LogP) is 9.64. The van der Waals surface area contributed by atoms with E-state index in [1.807, 2.05) is 4.90 Å². The summed E-state index contributed by atoms with van der Waals surface area (Å²) >= 11 is 0. The molecule has 4 aromatic rings. The first-order valence-electron chi connectivity index (χ1n) is 20.7. The van der Waals surface area contributed by atoms with Crippen LogP contribution in [0.4, 0.5) is 32.2 Å². The van der Waals surface area contributed by atoms with Gasteiger partial charge in [-0.15, -0.1) is 5.54 Å². The van der Waals surface area contributed by atoms with Gasteiger partial charge in [0.25, 0.3) is 0 Å². The van der Waals surface area contributed by atoms with Crippen molar-refractivity contribution in [1.29, 1.82) is 0 Å². The summed E-state index contributed by atoms with van der Waals surface area (Å²) in [6.45, 7) is 10.7. The molecule has 0 saturated carbocycles. The van der Waals surface area contributed by atoms with Crippen molar-refractivity contribution in [3.63, 3.8) is 0 Å². The van der Waals surface area contributed by atoms with Crippen molar-refractivity contribution in [3.05, 3.63) is 47.3 Å². The van der Waals surface area contributed by atoms with Gasteiger partial charge in [-0.25, -0.2) is 17.6 Å². The molecule has 2 unspecified atom stereocenters. The number of piperazine rings is 1.